The number of ether oxygens (including phenoxy) is 2. The highest BCUT2D eigenvalue weighted by molar-refractivity contribution is 5.94. The van der Waals surface area contributed by atoms with Gasteiger partial charge in [0.2, 0.25) is 11.8 Å². The number of pyridine rings is 1. The van der Waals surface area contributed by atoms with Crippen molar-refractivity contribution in [2.24, 2.45) is 5.73 Å². The van der Waals surface area contributed by atoms with Gasteiger partial charge in [0.05, 0.1) is 32.4 Å². The van der Waals surface area contributed by atoms with Crippen LogP contribution >= 0.6 is 0 Å². The minimum Gasteiger partial charge on any atom is -0.497 e. The molecule has 9 heteroatoms. The van der Waals surface area contributed by atoms with Crippen molar-refractivity contribution in [2.75, 3.05) is 14.2 Å². The molecule has 0 spiro atoms. The first-order valence-electron chi connectivity index (χ1n) is 12.1. The van der Waals surface area contributed by atoms with Crippen LogP contribution < -0.4 is 20.5 Å². The van der Waals surface area contributed by atoms with Gasteiger partial charge in [-0.25, -0.2) is 8.78 Å². The van der Waals surface area contributed by atoms with Gasteiger partial charge in [0.15, 0.2) is 0 Å². The minimum absolute atomic E-state index is 0.0273. The normalized spacial score (nSPS) is 11.5. The van der Waals surface area contributed by atoms with Crippen LogP contribution in [-0.4, -0.2) is 31.0 Å². The number of primary amides is 1. The van der Waals surface area contributed by atoms with E-state index in [0.29, 0.717) is 45.0 Å². The van der Waals surface area contributed by atoms with Crippen LogP contribution in [0.5, 0.6) is 11.5 Å². The number of carbonyl (C=O) groups excluding carboxylic acids is 2. The topological polar surface area (TPSA) is 104 Å². The molecular formula is C30H27F2N3O4. The monoisotopic (exact) mass is 531 g/mol. The van der Waals surface area contributed by atoms with Crippen molar-refractivity contribution in [3.8, 4) is 22.6 Å². The molecule has 4 rings (SSSR count). The molecule has 2 amide bonds. The van der Waals surface area contributed by atoms with E-state index in [-0.39, 0.29) is 18.7 Å². The second kappa shape index (κ2) is 12.2. The lowest BCUT2D eigenvalue weighted by molar-refractivity contribution is -0.121. The molecule has 1 aromatic heterocycles. The summed E-state index contributed by atoms with van der Waals surface area (Å²) in [6.45, 7) is 0. The molecule has 200 valence electrons. The lowest BCUT2D eigenvalue weighted by atomic mass is 9.94. The third kappa shape index (κ3) is 6.75. The van der Waals surface area contributed by atoms with E-state index in [1.165, 1.54) is 26.4 Å². The summed E-state index contributed by atoms with van der Waals surface area (Å²) in [6, 6.07) is 17.8. The molecular weight excluding hydrogens is 504 g/mol. The SMILES string of the molecule is COc1ccc(CC(=O)N[C@@H](Cc2cc(F)cc(F)c2)c2ncccc2-c2cccc(C(N)=O)c2)c(OC)c1. The summed E-state index contributed by atoms with van der Waals surface area (Å²) in [5.74, 6) is -1.34. The molecule has 0 radical (unpaired) electrons. The van der Waals surface area contributed by atoms with Crippen LogP contribution in [0.2, 0.25) is 0 Å². The Morgan fingerprint density at radius 1 is 0.949 bits per heavy atom. The molecule has 0 aliphatic rings. The number of rotatable bonds is 10. The Morgan fingerprint density at radius 3 is 2.41 bits per heavy atom. The third-order valence-electron chi connectivity index (χ3n) is 6.17. The molecule has 0 bridgehead atoms. The summed E-state index contributed by atoms with van der Waals surface area (Å²) < 4.78 is 38.7. The Balaban J connectivity index is 1.72. The number of aromatic nitrogens is 1. The van der Waals surface area contributed by atoms with Crippen LogP contribution in [0.4, 0.5) is 8.78 Å². The zero-order valence-corrected chi connectivity index (χ0v) is 21.4. The van der Waals surface area contributed by atoms with E-state index in [2.05, 4.69) is 10.3 Å². The predicted octanol–water partition coefficient (Wildman–Crippen LogP) is 4.79. The second-order valence-electron chi connectivity index (χ2n) is 8.84. The summed E-state index contributed by atoms with van der Waals surface area (Å²) >= 11 is 0. The maximum atomic E-state index is 14.0. The maximum Gasteiger partial charge on any atom is 0.248 e. The van der Waals surface area contributed by atoms with E-state index < -0.39 is 23.6 Å². The van der Waals surface area contributed by atoms with Crippen LogP contribution in [0.25, 0.3) is 11.1 Å². The Bertz CT molecular complexity index is 1490. The quantitative estimate of drug-likeness (QED) is 0.306. The summed E-state index contributed by atoms with van der Waals surface area (Å²) in [6.07, 6.45) is 1.59. The zero-order chi connectivity index (χ0) is 27.9. The maximum absolute atomic E-state index is 14.0. The van der Waals surface area contributed by atoms with Gasteiger partial charge in [-0.3, -0.25) is 14.6 Å². The second-order valence-corrected chi connectivity index (χ2v) is 8.84. The van der Waals surface area contributed by atoms with Crippen LogP contribution in [0.3, 0.4) is 0 Å². The number of halogens is 2. The standard InChI is InChI=1S/C30H27F2N3O4/c1-38-24-9-8-20(27(17-24)39-2)15-28(36)35-26(13-18-11-22(31)16-23(32)12-18)29-25(7-4-10-34-29)19-5-3-6-21(14-19)30(33)37/h3-12,14,16-17,26H,13,15H2,1-2H3,(H2,33,37)(H,35,36)/t26-/m0/s1. The predicted molar refractivity (Wildman–Crippen MR) is 142 cm³/mol. The number of nitrogens with zero attached hydrogens (tertiary/aromatic N) is 1. The third-order valence-corrected chi connectivity index (χ3v) is 6.17. The lowest BCUT2D eigenvalue weighted by Gasteiger charge is -2.22. The number of hydrogen-bond donors (Lipinski definition) is 2. The molecule has 0 saturated heterocycles. The van der Waals surface area contributed by atoms with Gasteiger partial charge in [-0.2, -0.15) is 0 Å². The van der Waals surface area contributed by atoms with Gasteiger partial charge in [-0.05, 0) is 53.9 Å². The highest BCUT2D eigenvalue weighted by Crippen LogP contribution is 2.30. The fraction of sp³-hybridized carbons (Fsp3) is 0.167. The molecule has 0 saturated carbocycles. The highest BCUT2D eigenvalue weighted by atomic mass is 19.1. The highest BCUT2D eigenvalue weighted by Gasteiger charge is 2.22. The first kappa shape index (κ1) is 27.3. The van der Waals surface area contributed by atoms with Gasteiger partial charge in [-0.15, -0.1) is 0 Å². The van der Waals surface area contributed by atoms with Crippen molar-refractivity contribution in [1.29, 1.82) is 0 Å². The first-order valence-corrected chi connectivity index (χ1v) is 12.1. The molecule has 1 atom stereocenters. The number of carbonyl (C=O) groups is 2. The molecule has 0 unspecified atom stereocenters. The van der Waals surface area contributed by atoms with E-state index in [9.17, 15) is 18.4 Å². The van der Waals surface area contributed by atoms with Crippen LogP contribution in [-0.2, 0) is 17.6 Å². The van der Waals surface area contributed by atoms with Crippen LogP contribution in [0, 0.1) is 11.6 Å². The Kier molecular flexibility index (Phi) is 8.50. The van der Waals surface area contributed by atoms with Crippen molar-refractivity contribution >= 4 is 11.8 Å². The fourth-order valence-corrected chi connectivity index (χ4v) is 4.38. The Morgan fingerprint density at radius 2 is 1.72 bits per heavy atom. The summed E-state index contributed by atoms with van der Waals surface area (Å²) in [4.78, 5) is 29.6. The Hall–Kier alpha value is -4.79. The lowest BCUT2D eigenvalue weighted by Crippen LogP contribution is -2.32. The number of hydrogen-bond acceptors (Lipinski definition) is 5. The molecule has 3 N–H and O–H groups in total. The molecule has 1 heterocycles. The van der Waals surface area contributed by atoms with E-state index >= 15 is 0 Å². The first-order chi connectivity index (χ1) is 18.8. The number of nitrogens with one attached hydrogen (secondary N) is 1. The average Bonchev–Trinajstić information content (AvgIpc) is 2.92. The van der Waals surface area contributed by atoms with Crippen LogP contribution in [0.15, 0.2) is 79.0 Å². The zero-order valence-electron chi connectivity index (χ0n) is 21.4. The molecule has 0 aliphatic heterocycles. The number of amides is 2. The van der Waals surface area contributed by atoms with Gasteiger partial charge in [0.25, 0.3) is 0 Å². The molecule has 39 heavy (non-hydrogen) atoms. The molecule has 0 aliphatic carbocycles. The largest absolute Gasteiger partial charge is 0.497 e. The minimum atomic E-state index is -0.767. The van der Waals surface area contributed by atoms with Gasteiger partial charge < -0.3 is 20.5 Å². The van der Waals surface area contributed by atoms with Crippen molar-refractivity contribution in [3.05, 3.63) is 113 Å². The van der Waals surface area contributed by atoms with Gasteiger partial charge in [0, 0.05) is 35.0 Å². The van der Waals surface area contributed by atoms with E-state index in [1.807, 2.05) is 0 Å². The van der Waals surface area contributed by atoms with E-state index in [1.54, 1.807) is 60.8 Å². The van der Waals surface area contributed by atoms with Crippen molar-refractivity contribution in [3.63, 3.8) is 0 Å². The summed E-state index contributed by atoms with van der Waals surface area (Å²) in [5.41, 5.74) is 8.47. The number of nitrogens with two attached hydrogens (primary N) is 1. The molecule has 4 aromatic rings. The van der Waals surface area contributed by atoms with Crippen molar-refractivity contribution in [1.82, 2.24) is 10.3 Å². The van der Waals surface area contributed by atoms with Gasteiger partial charge in [-0.1, -0.05) is 24.3 Å². The fourth-order valence-electron chi connectivity index (χ4n) is 4.38. The van der Waals surface area contributed by atoms with Gasteiger partial charge in [0.1, 0.15) is 23.1 Å². The van der Waals surface area contributed by atoms with E-state index in [4.69, 9.17) is 15.2 Å². The smallest absolute Gasteiger partial charge is 0.248 e. The van der Waals surface area contributed by atoms with Gasteiger partial charge >= 0.3 is 0 Å². The summed E-state index contributed by atoms with van der Waals surface area (Å²) in [7, 11) is 3.03. The van der Waals surface area contributed by atoms with Crippen molar-refractivity contribution in [2.45, 2.75) is 18.9 Å². The molecule has 0 fully saturated rings. The van der Waals surface area contributed by atoms with E-state index in [0.717, 1.165) is 6.07 Å². The average molecular weight is 532 g/mol. The molecule has 3 aromatic carbocycles. The molecule has 7 nitrogen and oxygen atoms in total. The van der Waals surface area contributed by atoms with Crippen molar-refractivity contribution < 1.29 is 27.8 Å². The number of methoxy groups -OCH3 is 2. The van der Waals surface area contributed by atoms with Crippen LogP contribution in [0.1, 0.15) is 33.2 Å². The summed E-state index contributed by atoms with van der Waals surface area (Å²) in [5, 5.41) is 2.97. The number of benzene rings is 3. The Labute approximate surface area is 224 Å².